The minimum atomic E-state index is -0.647. The van der Waals surface area contributed by atoms with Crippen LogP contribution in [0.3, 0.4) is 0 Å². The summed E-state index contributed by atoms with van der Waals surface area (Å²) in [6, 6.07) is 17.8. The highest BCUT2D eigenvalue weighted by Gasteiger charge is 2.20. The number of rotatable bonds is 6. The van der Waals surface area contributed by atoms with Crippen LogP contribution in [0, 0.1) is 13.8 Å². The number of para-hydroxylation sites is 1. The van der Waals surface area contributed by atoms with E-state index < -0.39 is 18.5 Å². The topological polar surface area (TPSA) is 77.4 Å². The van der Waals surface area contributed by atoms with Gasteiger partial charge in [0.25, 0.3) is 11.5 Å². The zero-order chi connectivity index (χ0) is 22.5. The van der Waals surface area contributed by atoms with Crippen molar-refractivity contribution in [2.45, 2.75) is 26.8 Å². The summed E-state index contributed by atoms with van der Waals surface area (Å²) in [5.74, 6) is -1.05. The van der Waals surface area contributed by atoms with Crippen LogP contribution in [0.25, 0.3) is 5.69 Å². The summed E-state index contributed by atoms with van der Waals surface area (Å²) in [6.45, 7) is 4.81. The van der Waals surface area contributed by atoms with Gasteiger partial charge in [-0.25, -0.2) is 4.79 Å². The molecule has 0 radical (unpaired) electrons. The van der Waals surface area contributed by atoms with Crippen molar-refractivity contribution in [3.05, 3.63) is 97.9 Å². The second kappa shape index (κ2) is 9.75. The van der Waals surface area contributed by atoms with E-state index in [1.807, 2.05) is 49.4 Å². The van der Waals surface area contributed by atoms with E-state index in [0.29, 0.717) is 16.9 Å². The summed E-state index contributed by atoms with van der Waals surface area (Å²) in [7, 11) is 0. The molecule has 3 rings (SSSR count). The minimum absolute atomic E-state index is 0.234. The molecule has 1 aromatic heterocycles. The van der Waals surface area contributed by atoms with Crippen molar-refractivity contribution in [3.63, 3.8) is 0 Å². The Balaban J connectivity index is 1.72. The quantitative estimate of drug-likeness (QED) is 0.532. The number of amides is 1. The molecule has 1 amide bonds. The third-order valence-corrected chi connectivity index (χ3v) is 5.48. The SMILES string of the molecule is Cc1cc(=O)n(-c2ccccc2)c(C)c1C(=O)OCC(=O)N[C@@H](C)c1ccc(Br)cc1. The van der Waals surface area contributed by atoms with Gasteiger partial charge in [0.1, 0.15) is 0 Å². The molecule has 0 aliphatic heterocycles. The molecule has 0 saturated carbocycles. The molecule has 6 nitrogen and oxygen atoms in total. The first-order valence-electron chi connectivity index (χ1n) is 9.78. The number of benzene rings is 2. The van der Waals surface area contributed by atoms with Gasteiger partial charge in [0, 0.05) is 21.9 Å². The third kappa shape index (κ3) is 5.30. The van der Waals surface area contributed by atoms with Crippen molar-refractivity contribution in [2.75, 3.05) is 6.61 Å². The zero-order valence-corrected chi connectivity index (χ0v) is 19.1. The smallest absolute Gasteiger partial charge is 0.340 e. The summed E-state index contributed by atoms with van der Waals surface area (Å²) < 4.78 is 7.67. The zero-order valence-electron chi connectivity index (χ0n) is 17.5. The molecule has 3 aromatic rings. The van der Waals surface area contributed by atoms with Crippen molar-refractivity contribution < 1.29 is 14.3 Å². The van der Waals surface area contributed by atoms with Crippen LogP contribution in [0.1, 0.15) is 40.1 Å². The van der Waals surface area contributed by atoms with Crippen LogP contribution >= 0.6 is 15.9 Å². The van der Waals surface area contributed by atoms with E-state index in [4.69, 9.17) is 4.74 Å². The average Bonchev–Trinajstić information content (AvgIpc) is 2.73. The van der Waals surface area contributed by atoms with Gasteiger partial charge in [0.05, 0.1) is 11.6 Å². The fourth-order valence-electron chi connectivity index (χ4n) is 3.41. The molecule has 31 heavy (non-hydrogen) atoms. The van der Waals surface area contributed by atoms with Crippen molar-refractivity contribution in [3.8, 4) is 5.69 Å². The average molecular weight is 483 g/mol. The first-order valence-corrected chi connectivity index (χ1v) is 10.6. The summed E-state index contributed by atoms with van der Waals surface area (Å²) in [5.41, 5.74) is 2.59. The van der Waals surface area contributed by atoms with Crippen LogP contribution in [-0.4, -0.2) is 23.1 Å². The highest BCUT2D eigenvalue weighted by Crippen LogP contribution is 2.18. The Hall–Kier alpha value is -3.19. The van der Waals surface area contributed by atoms with Crippen molar-refractivity contribution >= 4 is 27.8 Å². The van der Waals surface area contributed by atoms with Crippen LogP contribution < -0.4 is 10.9 Å². The summed E-state index contributed by atoms with van der Waals surface area (Å²) in [5, 5.41) is 2.81. The highest BCUT2D eigenvalue weighted by molar-refractivity contribution is 9.10. The normalized spacial score (nSPS) is 11.6. The molecule has 0 spiro atoms. The maximum atomic E-state index is 12.8. The Morgan fingerprint density at radius 2 is 1.71 bits per heavy atom. The monoisotopic (exact) mass is 482 g/mol. The number of ether oxygens (including phenoxy) is 1. The lowest BCUT2D eigenvalue weighted by molar-refractivity contribution is -0.124. The van der Waals surface area contributed by atoms with E-state index in [9.17, 15) is 14.4 Å². The molecule has 7 heteroatoms. The lowest BCUT2D eigenvalue weighted by atomic mass is 10.1. The van der Waals surface area contributed by atoms with Gasteiger partial charge in [-0.1, -0.05) is 46.3 Å². The molecule has 160 valence electrons. The largest absolute Gasteiger partial charge is 0.452 e. The number of halogens is 1. The molecule has 1 atom stereocenters. The fourth-order valence-corrected chi connectivity index (χ4v) is 3.68. The van der Waals surface area contributed by atoms with Gasteiger partial charge in [0.2, 0.25) is 0 Å². The van der Waals surface area contributed by atoms with Gasteiger partial charge in [0.15, 0.2) is 6.61 Å². The first kappa shape index (κ1) is 22.5. The van der Waals surface area contributed by atoms with Crippen molar-refractivity contribution in [1.82, 2.24) is 9.88 Å². The number of aryl methyl sites for hydroxylation is 1. The maximum Gasteiger partial charge on any atom is 0.340 e. The van der Waals surface area contributed by atoms with E-state index in [0.717, 1.165) is 10.0 Å². The molecule has 2 aromatic carbocycles. The van der Waals surface area contributed by atoms with Gasteiger partial charge in [-0.3, -0.25) is 14.2 Å². The maximum absolute atomic E-state index is 12.8. The standard InChI is InChI=1S/C24H23BrN2O4/c1-15-13-22(29)27(20-7-5-4-6-8-20)17(3)23(15)24(30)31-14-21(28)26-16(2)18-9-11-19(25)12-10-18/h4-13,16H,14H2,1-3H3,(H,26,28)/t16-/m0/s1. The van der Waals surface area contributed by atoms with Gasteiger partial charge < -0.3 is 10.1 Å². The number of hydrogen-bond acceptors (Lipinski definition) is 4. The molecule has 1 heterocycles. The predicted octanol–water partition coefficient (Wildman–Crippen LogP) is 4.25. The molecule has 0 bridgehead atoms. The predicted molar refractivity (Wildman–Crippen MR) is 122 cm³/mol. The first-order chi connectivity index (χ1) is 14.8. The summed E-state index contributed by atoms with van der Waals surface area (Å²) >= 11 is 3.38. The molecule has 0 saturated heterocycles. The Morgan fingerprint density at radius 1 is 1.06 bits per heavy atom. The lowest BCUT2D eigenvalue weighted by Crippen LogP contribution is -2.32. The number of hydrogen-bond donors (Lipinski definition) is 1. The number of carbonyl (C=O) groups excluding carboxylic acids is 2. The van der Waals surface area contributed by atoms with E-state index in [2.05, 4.69) is 21.2 Å². The van der Waals surface area contributed by atoms with E-state index in [-0.39, 0.29) is 17.2 Å². The van der Waals surface area contributed by atoms with Gasteiger partial charge in [-0.2, -0.15) is 0 Å². The molecule has 0 aliphatic carbocycles. The molecule has 0 fully saturated rings. The van der Waals surface area contributed by atoms with Crippen molar-refractivity contribution in [2.24, 2.45) is 0 Å². The van der Waals surface area contributed by atoms with Gasteiger partial charge in [-0.15, -0.1) is 0 Å². The molecule has 1 N–H and O–H groups in total. The molecule has 0 aliphatic rings. The number of nitrogens with zero attached hydrogens (tertiary/aromatic N) is 1. The fraction of sp³-hybridized carbons (Fsp3) is 0.208. The molecular weight excluding hydrogens is 460 g/mol. The number of aromatic nitrogens is 1. The minimum Gasteiger partial charge on any atom is -0.452 e. The van der Waals surface area contributed by atoms with E-state index in [1.165, 1.54) is 10.6 Å². The number of carbonyl (C=O) groups is 2. The Morgan fingerprint density at radius 3 is 2.35 bits per heavy atom. The lowest BCUT2D eigenvalue weighted by Gasteiger charge is -2.17. The van der Waals surface area contributed by atoms with E-state index >= 15 is 0 Å². The van der Waals surface area contributed by atoms with Crippen LogP contribution in [0.15, 0.2) is 69.9 Å². The number of esters is 1. The summed E-state index contributed by atoms with van der Waals surface area (Å²) in [6.07, 6.45) is 0. The number of pyridine rings is 1. The van der Waals surface area contributed by atoms with Crippen LogP contribution in [0.4, 0.5) is 0 Å². The third-order valence-electron chi connectivity index (χ3n) is 4.95. The molecule has 0 unspecified atom stereocenters. The Bertz CT molecular complexity index is 1150. The highest BCUT2D eigenvalue weighted by atomic mass is 79.9. The second-order valence-corrected chi connectivity index (χ2v) is 8.13. The van der Waals surface area contributed by atoms with Crippen LogP contribution in [0.2, 0.25) is 0 Å². The van der Waals surface area contributed by atoms with Crippen molar-refractivity contribution in [1.29, 1.82) is 0 Å². The Kier molecular flexibility index (Phi) is 7.07. The second-order valence-electron chi connectivity index (χ2n) is 7.21. The molecular formula is C24H23BrN2O4. The van der Waals surface area contributed by atoms with Crippen LogP contribution in [0.5, 0.6) is 0 Å². The van der Waals surface area contributed by atoms with E-state index in [1.54, 1.807) is 26.0 Å². The van der Waals surface area contributed by atoms with Crippen LogP contribution in [-0.2, 0) is 9.53 Å². The number of nitrogens with one attached hydrogen (secondary N) is 1. The van der Waals surface area contributed by atoms with Gasteiger partial charge >= 0.3 is 5.97 Å². The van der Waals surface area contributed by atoms with Gasteiger partial charge in [-0.05, 0) is 56.2 Å². The summed E-state index contributed by atoms with van der Waals surface area (Å²) in [4.78, 5) is 37.6. The Labute approximate surface area is 189 Å².